The maximum atomic E-state index is 12.7. The first-order valence-electron chi connectivity index (χ1n) is 7.72. The molecule has 0 spiro atoms. The van der Waals surface area contributed by atoms with Crippen molar-refractivity contribution in [1.82, 2.24) is 10.3 Å². The van der Waals surface area contributed by atoms with Crippen molar-refractivity contribution in [3.05, 3.63) is 36.2 Å². The van der Waals surface area contributed by atoms with Crippen molar-refractivity contribution >= 4 is 11.6 Å². The van der Waals surface area contributed by atoms with E-state index in [9.17, 15) is 4.79 Å². The Labute approximate surface area is 135 Å². The van der Waals surface area contributed by atoms with Crippen LogP contribution in [0.15, 0.2) is 35.1 Å². The van der Waals surface area contributed by atoms with Gasteiger partial charge in [-0.2, -0.15) is 0 Å². The molecule has 2 heterocycles. The van der Waals surface area contributed by atoms with Crippen molar-refractivity contribution in [2.75, 3.05) is 25.5 Å². The molecule has 0 bridgehead atoms. The minimum Gasteiger partial charge on any atom is -0.445 e. The minimum atomic E-state index is -0.765. The fourth-order valence-corrected chi connectivity index (χ4v) is 2.89. The van der Waals surface area contributed by atoms with E-state index in [0.717, 1.165) is 24.2 Å². The van der Waals surface area contributed by atoms with E-state index >= 15 is 0 Å². The normalized spacial score (nSPS) is 17.0. The van der Waals surface area contributed by atoms with Crippen LogP contribution in [-0.4, -0.2) is 36.7 Å². The zero-order valence-corrected chi connectivity index (χ0v) is 13.4. The fourth-order valence-electron chi connectivity index (χ4n) is 2.89. The van der Waals surface area contributed by atoms with Gasteiger partial charge in [0.25, 0.3) is 5.91 Å². The molecule has 23 heavy (non-hydrogen) atoms. The van der Waals surface area contributed by atoms with E-state index in [0.29, 0.717) is 24.4 Å². The average molecular weight is 315 g/mol. The molecule has 0 saturated carbocycles. The second kappa shape index (κ2) is 6.52. The summed E-state index contributed by atoms with van der Waals surface area (Å²) < 4.78 is 10.9. The van der Waals surface area contributed by atoms with Crippen LogP contribution in [0.5, 0.6) is 0 Å². The van der Waals surface area contributed by atoms with Gasteiger partial charge in [-0.1, -0.05) is 6.07 Å². The third-order valence-corrected chi connectivity index (χ3v) is 4.37. The lowest BCUT2D eigenvalue weighted by Crippen LogP contribution is -2.51. The summed E-state index contributed by atoms with van der Waals surface area (Å²) in [6, 6.07) is 5.70. The molecule has 0 unspecified atom stereocenters. The van der Waals surface area contributed by atoms with E-state index in [1.807, 2.05) is 25.1 Å². The predicted molar refractivity (Wildman–Crippen MR) is 87.1 cm³/mol. The molecule has 1 fully saturated rings. The van der Waals surface area contributed by atoms with E-state index in [1.165, 1.54) is 6.26 Å². The van der Waals surface area contributed by atoms with Crippen molar-refractivity contribution in [3.8, 4) is 11.5 Å². The number of methoxy groups -OCH3 is 1. The van der Waals surface area contributed by atoms with Crippen molar-refractivity contribution in [2.24, 2.45) is 0 Å². The van der Waals surface area contributed by atoms with Crippen LogP contribution < -0.4 is 10.6 Å². The van der Waals surface area contributed by atoms with Gasteiger partial charge in [-0.25, -0.2) is 4.98 Å². The van der Waals surface area contributed by atoms with Crippen LogP contribution in [0.3, 0.4) is 0 Å². The van der Waals surface area contributed by atoms with Crippen molar-refractivity contribution in [3.63, 3.8) is 0 Å². The number of carbonyl (C=O) groups excluding carboxylic acids is 1. The van der Waals surface area contributed by atoms with Gasteiger partial charge in [-0.3, -0.25) is 4.79 Å². The number of rotatable bonds is 4. The maximum absolute atomic E-state index is 12.7. The highest BCUT2D eigenvalue weighted by Gasteiger charge is 2.39. The zero-order chi connectivity index (χ0) is 16.3. The van der Waals surface area contributed by atoms with Crippen LogP contribution in [0.2, 0.25) is 0 Å². The number of aryl methyl sites for hydroxylation is 1. The predicted octanol–water partition coefficient (Wildman–Crippen LogP) is 2.36. The number of ether oxygens (including phenoxy) is 1. The number of oxazole rings is 1. The van der Waals surface area contributed by atoms with Crippen molar-refractivity contribution < 1.29 is 13.9 Å². The monoisotopic (exact) mass is 315 g/mol. The van der Waals surface area contributed by atoms with Crippen molar-refractivity contribution in [1.29, 1.82) is 0 Å². The highest BCUT2D eigenvalue weighted by Crippen LogP contribution is 2.28. The minimum absolute atomic E-state index is 0.108. The Kier molecular flexibility index (Phi) is 4.45. The quantitative estimate of drug-likeness (QED) is 0.906. The topological polar surface area (TPSA) is 76.4 Å². The molecule has 2 N–H and O–H groups in total. The lowest BCUT2D eigenvalue weighted by molar-refractivity contribution is -0.140. The third-order valence-electron chi connectivity index (χ3n) is 4.37. The molecular weight excluding hydrogens is 294 g/mol. The Morgan fingerprint density at radius 2 is 2.17 bits per heavy atom. The van der Waals surface area contributed by atoms with E-state index in [2.05, 4.69) is 15.6 Å². The summed E-state index contributed by atoms with van der Waals surface area (Å²) in [5, 5.41) is 6.22. The lowest BCUT2D eigenvalue weighted by Gasteiger charge is -2.34. The summed E-state index contributed by atoms with van der Waals surface area (Å²) >= 11 is 0. The Hall–Kier alpha value is -2.18. The molecule has 1 aromatic heterocycles. The highest BCUT2D eigenvalue weighted by atomic mass is 16.5. The van der Waals surface area contributed by atoms with Gasteiger partial charge in [0.15, 0.2) is 0 Å². The van der Waals surface area contributed by atoms with Gasteiger partial charge in [0.05, 0.1) is 6.20 Å². The first kappa shape index (κ1) is 15.7. The summed E-state index contributed by atoms with van der Waals surface area (Å²) in [4.78, 5) is 16.9. The number of hydrogen-bond acceptors (Lipinski definition) is 5. The highest BCUT2D eigenvalue weighted by molar-refractivity contribution is 5.98. The van der Waals surface area contributed by atoms with Crippen molar-refractivity contribution in [2.45, 2.75) is 25.4 Å². The van der Waals surface area contributed by atoms with E-state index < -0.39 is 5.60 Å². The number of carbonyl (C=O) groups is 1. The molecule has 1 aromatic carbocycles. The smallest absolute Gasteiger partial charge is 0.256 e. The van der Waals surface area contributed by atoms with Gasteiger partial charge >= 0.3 is 0 Å². The Balaban J connectivity index is 1.82. The zero-order valence-electron chi connectivity index (χ0n) is 13.4. The number of hydrogen-bond donors (Lipinski definition) is 2. The van der Waals surface area contributed by atoms with Crippen LogP contribution in [0.25, 0.3) is 11.5 Å². The maximum Gasteiger partial charge on any atom is 0.256 e. The molecular formula is C17H21N3O3. The summed E-state index contributed by atoms with van der Waals surface area (Å²) in [6.45, 7) is 3.53. The SMILES string of the molecule is COC1(C(=O)Nc2ccc(C)c(-c3ncco3)c2)CCNCC1. The number of nitrogens with one attached hydrogen (secondary N) is 2. The summed E-state index contributed by atoms with van der Waals surface area (Å²) in [6.07, 6.45) is 4.46. The number of piperidine rings is 1. The number of benzene rings is 1. The molecule has 1 amide bonds. The molecule has 0 radical (unpaired) electrons. The van der Waals surface area contributed by atoms with Crippen LogP contribution in [0.1, 0.15) is 18.4 Å². The summed E-state index contributed by atoms with van der Waals surface area (Å²) in [5.41, 5.74) is 1.85. The van der Waals surface area contributed by atoms with E-state index in [-0.39, 0.29) is 5.91 Å². The lowest BCUT2D eigenvalue weighted by atomic mass is 9.91. The summed E-state index contributed by atoms with van der Waals surface area (Å²) in [5.74, 6) is 0.436. The molecule has 6 heteroatoms. The Bertz CT molecular complexity index is 676. The average Bonchev–Trinajstić information content (AvgIpc) is 3.11. The standard InChI is InChI=1S/C17H21N3O3/c1-12-3-4-13(11-14(12)15-19-9-10-23-15)20-16(21)17(22-2)5-7-18-8-6-17/h3-4,9-11,18H,5-8H2,1-2H3,(H,20,21). The van der Waals surface area contributed by atoms with Crippen LogP contribution in [-0.2, 0) is 9.53 Å². The Morgan fingerprint density at radius 1 is 1.39 bits per heavy atom. The fraction of sp³-hybridized carbons (Fsp3) is 0.412. The van der Waals surface area contributed by atoms with Gasteiger partial charge < -0.3 is 19.8 Å². The number of aromatic nitrogens is 1. The van der Waals surface area contributed by atoms with E-state index in [4.69, 9.17) is 9.15 Å². The molecule has 0 atom stereocenters. The Morgan fingerprint density at radius 3 is 2.83 bits per heavy atom. The largest absolute Gasteiger partial charge is 0.445 e. The molecule has 1 saturated heterocycles. The van der Waals surface area contributed by atoms with Gasteiger partial charge in [0.2, 0.25) is 5.89 Å². The molecule has 2 aromatic rings. The van der Waals surface area contributed by atoms with Gasteiger partial charge in [0.1, 0.15) is 11.9 Å². The molecule has 122 valence electrons. The van der Waals surface area contributed by atoms with Gasteiger partial charge in [0, 0.05) is 18.4 Å². The molecule has 3 rings (SSSR count). The van der Waals surface area contributed by atoms with Gasteiger partial charge in [-0.05, 0) is 50.6 Å². The first-order chi connectivity index (χ1) is 11.1. The molecule has 1 aliphatic rings. The molecule has 6 nitrogen and oxygen atoms in total. The number of anilines is 1. The third kappa shape index (κ3) is 3.13. The first-order valence-corrected chi connectivity index (χ1v) is 7.72. The molecule has 1 aliphatic heterocycles. The van der Waals surface area contributed by atoms with Crippen LogP contribution >= 0.6 is 0 Å². The second-order valence-corrected chi connectivity index (χ2v) is 5.77. The second-order valence-electron chi connectivity index (χ2n) is 5.77. The van der Waals surface area contributed by atoms with Gasteiger partial charge in [-0.15, -0.1) is 0 Å². The summed E-state index contributed by atoms with van der Waals surface area (Å²) in [7, 11) is 1.60. The number of nitrogens with zero attached hydrogens (tertiary/aromatic N) is 1. The molecule has 0 aliphatic carbocycles. The van der Waals surface area contributed by atoms with Crippen LogP contribution in [0, 0.1) is 6.92 Å². The van der Waals surface area contributed by atoms with E-state index in [1.54, 1.807) is 13.3 Å². The van der Waals surface area contributed by atoms with Crippen LogP contribution in [0.4, 0.5) is 5.69 Å². The number of amides is 1.